The van der Waals surface area contributed by atoms with Crippen LogP contribution in [0.25, 0.3) is 10.8 Å². The van der Waals surface area contributed by atoms with Crippen molar-refractivity contribution in [3.05, 3.63) is 102 Å². The number of aromatic amines is 1. The lowest BCUT2D eigenvalue weighted by atomic mass is 9.97. The quantitative estimate of drug-likeness (QED) is 0.0861. The molecule has 4 rings (SSSR count). The van der Waals surface area contributed by atoms with Crippen molar-refractivity contribution in [1.82, 2.24) is 31.2 Å². The van der Waals surface area contributed by atoms with Crippen LogP contribution in [0.1, 0.15) is 56.9 Å². The molecule has 0 aliphatic carbocycles. The molecule has 3 aromatic carbocycles. The number of alkyl carbamates (subject to hydrolysis) is 1. The number of aliphatic hydroxyl groups excluding tert-OH is 1. The van der Waals surface area contributed by atoms with Crippen LogP contribution in [0.2, 0.25) is 1.41 Å². The van der Waals surface area contributed by atoms with Gasteiger partial charge in [-0.2, -0.15) is 0 Å². The van der Waals surface area contributed by atoms with E-state index in [-0.39, 0.29) is 31.8 Å². The summed E-state index contributed by atoms with van der Waals surface area (Å²) in [6.45, 7) is 6.08. The number of nitrogens with zero attached hydrogens (tertiary/aromatic N) is 1. The first kappa shape index (κ1) is 36.1. The van der Waals surface area contributed by atoms with Gasteiger partial charge in [-0.15, -0.1) is 0 Å². The molecule has 0 radical (unpaired) electrons. The second-order valence-electron chi connectivity index (χ2n) is 12.7. The van der Waals surface area contributed by atoms with Gasteiger partial charge in [-0.1, -0.05) is 100.0 Å². The number of fused-ring (bicyclic) bond motifs is 1. The molecule has 0 bridgehead atoms. The fourth-order valence-electron chi connectivity index (χ4n) is 5.59. The van der Waals surface area contributed by atoms with Gasteiger partial charge >= 0.3 is 6.09 Å². The SMILES string of the molecule is [2H]N(C(=O)OCc1ccccc1)[C@@H](Cc1cccc2ccccc12)C(=O)N[C@@H](Cc1cnc[nH]1)C(=O)N[C@@H](CC(C)C)[C@H](O)C(=O)NCCCC. The van der Waals surface area contributed by atoms with Crippen LogP contribution in [-0.4, -0.2) is 69.7 Å². The molecule has 0 aliphatic heterocycles. The molecule has 4 atom stereocenters. The first-order valence-electron chi connectivity index (χ1n) is 17.5. The van der Waals surface area contributed by atoms with Crippen molar-refractivity contribution < 1.29 is 30.4 Å². The minimum absolute atomic E-state index is 0.0119. The number of benzene rings is 3. The highest BCUT2D eigenvalue weighted by atomic mass is 16.5. The molecular formula is C38H48N6O6. The van der Waals surface area contributed by atoms with Crippen LogP contribution in [0, 0.1) is 5.92 Å². The van der Waals surface area contributed by atoms with Crippen LogP contribution in [0.3, 0.4) is 0 Å². The van der Waals surface area contributed by atoms with E-state index in [1.807, 2.05) is 69.3 Å². The molecule has 266 valence electrons. The van der Waals surface area contributed by atoms with Crippen LogP contribution in [-0.2, 0) is 38.6 Å². The Morgan fingerprint density at radius 1 is 0.900 bits per heavy atom. The summed E-state index contributed by atoms with van der Waals surface area (Å²) in [5.74, 6) is -2.01. The van der Waals surface area contributed by atoms with Crippen molar-refractivity contribution in [2.75, 3.05) is 6.54 Å². The zero-order valence-electron chi connectivity index (χ0n) is 29.8. The van der Waals surface area contributed by atoms with E-state index in [1.54, 1.807) is 24.3 Å². The molecule has 0 fully saturated rings. The lowest BCUT2D eigenvalue weighted by Gasteiger charge is -2.28. The van der Waals surface area contributed by atoms with Crippen molar-refractivity contribution >= 4 is 34.6 Å². The smallest absolute Gasteiger partial charge is 0.408 e. The van der Waals surface area contributed by atoms with E-state index in [0.717, 1.165) is 23.6 Å². The predicted octanol–water partition coefficient (Wildman–Crippen LogP) is 3.94. The van der Waals surface area contributed by atoms with Gasteiger partial charge in [0, 0.05) is 31.3 Å². The van der Waals surface area contributed by atoms with Crippen LogP contribution >= 0.6 is 0 Å². The highest BCUT2D eigenvalue weighted by molar-refractivity contribution is 5.93. The van der Waals surface area contributed by atoms with Gasteiger partial charge in [0.15, 0.2) is 7.52 Å². The first-order chi connectivity index (χ1) is 24.6. The van der Waals surface area contributed by atoms with Gasteiger partial charge in [0.05, 0.1) is 12.4 Å². The number of hydrogen-bond donors (Lipinski definition) is 6. The van der Waals surface area contributed by atoms with Crippen LogP contribution in [0.15, 0.2) is 85.3 Å². The van der Waals surface area contributed by atoms with Crippen LogP contribution < -0.4 is 21.3 Å². The van der Waals surface area contributed by atoms with E-state index in [1.165, 1.54) is 12.5 Å². The van der Waals surface area contributed by atoms with E-state index in [9.17, 15) is 24.3 Å². The Hall–Kier alpha value is -5.23. The number of carbonyl (C=O) groups excluding carboxylic acids is 4. The minimum atomic E-state index is -1.53. The number of carbonyl (C=O) groups is 4. The van der Waals surface area contributed by atoms with Gasteiger partial charge in [0.2, 0.25) is 11.8 Å². The Balaban J connectivity index is 1.60. The number of nitrogens with one attached hydrogen (secondary N) is 5. The molecule has 0 unspecified atom stereocenters. The molecule has 50 heavy (non-hydrogen) atoms. The summed E-state index contributed by atoms with van der Waals surface area (Å²) >= 11 is 0. The van der Waals surface area contributed by atoms with E-state index >= 15 is 0 Å². The number of rotatable bonds is 18. The maximum atomic E-state index is 14.2. The van der Waals surface area contributed by atoms with Gasteiger partial charge in [0.1, 0.15) is 18.7 Å². The monoisotopic (exact) mass is 685 g/mol. The average molecular weight is 686 g/mol. The molecule has 1 aromatic heterocycles. The lowest BCUT2D eigenvalue weighted by Crippen LogP contribution is -2.58. The van der Waals surface area contributed by atoms with Crippen molar-refractivity contribution in [2.45, 2.75) is 83.7 Å². The number of amides is 4. The molecular weight excluding hydrogens is 636 g/mol. The fraction of sp³-hybridized carbons (Fsp3) is 0.395. The minimum Gasteiger partial charge on any atom is -0.445 e. The number of hydrogen-bond acceptors (Lipinski definition) is 7. The lowest BCUT2D eigenvalue weighted by molar-refractivity contribution is -0.134. The summed E-state index contributed by atoms with van der Waals surface area (Å²) in [5, 5.41) is 21.5. The second-order valence-corrected chi connectivity index (χ2v) is 12.7. The molecule has 12 nitrogen and oxygen atoms in total. The van der Waals surface area contributed by atoms with E-state index in [2.05, 4.69) is 25.9 Å². The Morgan fingerprint density at radius 2 is 1.62 bits per heavy atom. The molecule has 12 heteroatoms. The maximum absolute atomic E-state index is 14.2. The van der Waals surface area contributed by atoms with Gasteiger partial charge in [0.25, 0.3) is 5.91 Å². The molecule has 0 saturated carbocycles. The molecule has 1 heterocycles. The number of ether oxygens (including phenoxy) is 1. The van der Waals surface area contributed by atoms with Crippen molar-refractivity contribution in [3.8, 4) is 0 Å². The van der Waals surface area contributed by atoms with Gasteiger partial charge < -0.3 is 36.1 Å². The summed E-state index contributed by atoms with van der Waals surface area (Å²) in [6.07, 6.45) is 2.20. The van der Waals surface area contributed by atoms with Crippen LogP contribution in [0.5, 0.6) is 0 Å². The first-order valence-corrected chi connectivity index (χ1v) is 17.1. The maximum Gasteiger partial charge on any atom is 0.408 e. The van der Waals surface area contributed by atoms with Gasteiger partial charge in [-0.25, -0.2) is 9.78 Å². The van der Waals surface area contributed by atoms with Gasteiger partial charge in [-0.05, 0) is 40.7 Å². The number of H-pyrrole nitrogens is 1. The zero-order chi connectivity index (χ0) is 36.8. The molecule has 4 aromatic rings. The molecule has 4 amide bonds. The van der Waals surface area contributed by atoms with Crippen molar-refractivity contribution in [1.29, 1.82) is 0 Å². The Morgan fingerprint density at radius 3 is 2.34 bits per heavy atom. The third-order valence-corrected chi connectivity index (χ3v) is 8.21. The summed E-state index contributed by atoms with van der Waals surface area (Å²) in [6, 6.07) is 18.6. The topological polar surface area (TPSA) is 175 Å². The summed E-state index contributed by atoms with van der Waals surface area (Å²) in [7, 11) is 0. The number of unbranched alkanes of at least 4 members (excludes halogenated alkanes) is 1. The summed E-state index contributed by atoms with van der Waals surface area (Å²) < 4.78 is 14.2. The fourth-order valence-corrected chi connectivity index (χ4v) is 5.59. The molecule has 6 N–H and O–H groups in total. The molecule has 0 aliphatic rings. The highest BCUT2D eigenvalue weighted by Gasteiger charge is 2.33. The Kier molecular flexibility index (Phi) is 13.8. The Labute approximate surface area is 294 Å². The number of aliphatic hydroxyl groups is 1. The number of aromatic nitrogens is 2. The third kappa shape index (κ3) is 11.4. The highest BCUT2D eigenvalue weighted by Crippen LogP contribution is 2.20. The van der Waals surface area contributed by atoms with E-state index in [0.29, 0.717) is 28.7 Å². The average Bonchev–Trinajstić information content (AvgIpc) is 3.65. The number of imidazole rings is 1. The third-order valence-electron chi connectivity index (χ3n) is 8.21. The van der Waals surface area contributed by atoms with Crippen molar-refractivity contribution in [3.63, 3.8) is 0 Å². The zero-order valence-corrected chi connectivity index (χ0v) is 28.8. The van der Waals surface area contributed by atoms with E-state index in [4.69, 9.17) is 6.15 Å². The summed E-state index contributed by atoms with van der Waals surface area (Å²) in [5.41, 5.74) is 1.96. The van der Waals surface area contributed by atoms with E-state index < -0.39 is 48.0 Å². The van der Waals surface area contributed by atoms with Crippen molar-refractivity contribution in [2.24, 2.45) is 5.92 Å². The molecule has 0 saturated heterocycles. The van der Waals surface area contributed by atoms with Gasteiger partial charge in [-0.3, -0.25) is 14.4 Å². The second kappa shape index (κ2) is 19.1. The summed E-state index contributed by atoms with van der Waals surface area (Å²) in [4.78, 5) is 61.2. The Bertz CT molecular complexity index is 1720. The predicted molar refractivity (Wildman–Crippen MR) is 191 cm³/mol. The normalized spacial score (nSPS) is 13.8. The standard InChI is InChI=1S/C38H48N6O6/c1-4-5-18-40-37(48)34(45)31(19-25(2)3)42-36(47)33(21-29-22-39-24-41-29)43-35(46)32(44-38(49)50-23-26-12-7-6-8-13-26)20-28-16-11-15-27-14-9-10-17-30(27)28/h6-17,22,24-25,31-34,45H,4-5,18-21,23H2,1-3H3,(H,39,41)(H,40,48)(H,42,47)(H,43,46)(H,44,49)/t31-,32-,33-,34-/m0/s1/i/hD. The largest absolute Gasteiger partial charge is 0.445 e. The molecule has 0 spiro atoms. The van der Waals surface area contributed by atoms with Crippen LogP contribution in [0.4, 0.5) is 4.79 Å².